The lowest BCUT2D eigenvalue weighted by Crippen LogP contribution is -2.35. The molecule has 1 aliphatic heterocycles. The zero-order valence-corrected chi connectivity index (χ0v) is 7.21. The third kappa shape index (κ3) is 2.46. The van der Waals surface area contributed by atoms with E-state index in [1.165, 1.54) is 0 Å². The van der Waals surface area contributed by atoms with Crippen molar-refractivity contribution in [2.45, 2.75) is 25.8 Å². The van der Waals surface area contributed by atoms with Crippen LogP contribution in [0.4, 0.5) is 0 Å². The molecule has 0 bridgehead atoms. The molecule has 2 heteroatoms. The van der Waals surface area contributed by atoms with Crippen molar-refractivity contribution >= 4 is 5.78 Å². The molecular weight excluding hydrogens is 138 g/mol. The summed E-state index contributed by atoms with van der Waals surface area (Å²) in [5.74, 6) is 0.289. The third-order valence-electron chi connectivity index (χ3n) is 2.11. The summed E-state index contributed by atoms with van der Waals surface area (Å²) in [6.45, 7) is 2.64. The summed E-state index contributed by atoms with van der Waals surface area (Å²) in [7, 11) is 2.07. The largest absolute Gasteiger partial charge is 0.300 e. The molecule has 11 heavy (non-hydrogen) atoms. The second-order valence-corrected chi connectivity index (χ2v) is 3.21. The second-order valence-electron chi connectivity index (χ2n) is 3.21. The van der Waals surface area contributed by atoms with Crippen LogP contribution in [0, 0.1) is 0 Å². The van der Waals surface area contributed by atoms with Gasteiger partial charge in [0, 0.05) is 19.0 Å². The average Bonchev–Trinajstić information content (AvgIpc) is 1.93. The first-order chi connectivity index (χ1) is 5.20. The number of Topliss-reactive ketones (excluding diaryl/α,β-unsaturated/α-hetero) is 1. The molecule has 0 aromatic rings. The zero-order valence-electron chi connectivity index (χ0n) is 7.21. The Hall–Kier alpha value is -0.630. The molecule has 0 radical (unpaired) electrons. The topological polar surface area (TPSA) is 20.3 Å². The van der Waals surface area contributed by atoms with Crippen LogP contribution in [0.15, 0.2) is 12.2 Å². The molecule has 0 aromatic carbocycles. The molecule has 0 aliphatic carbocycles. The summed E-state index contributed by atoms with van der Waals surface area (Å²) in [6.07, 6.45) is 6.03. The molecule has 0 amide bonds. The van der Waals surface area contributed by atoms with Crippen LogP contribution in [0.2, 0.25) is 0 Å². The summed E-state index contributed by atoms with van der Waals surface area (Å²) >= 11 is 0. The summed E-state index contributed by atoms with van der Waals surface area (Å²) in [4.78, 5) is 13.0. The molecule has 1 heterocycles. The van der Waals surface area contributed by atoms with Gasteiger partial charge in [-0.1, -0.05) is 12.2 Å². The van der Waals surface area contributed by atoms with Crippen molar-refractivity contribution in [1.82, 2.24) is 4.90 Å². The Balaban J connectivity index is 2.44. The molecular formula is C9H15NO. The summed E-state index contributed by atoms with van der Waals surface area (Å²) in [5, 5.41) is 0. The number of likely N-dealkylation sites (N-methyl/N-ethyl adjacent to an activating group) is 1. The molecule has 0 saturated heterocycles. The quantitative estimate of drug-likeness (QED) is 0.556. The van der Waals surface area contributed by atoms with Crippen molar-refractivity contribution in [2.24, 2.45) is 0 Å². The van der Waals surface area contributed by atoms with Crippen molar-refractivity contribution < 1.29 is 4.79 Å². The second kappa shape index (κ2) is 3.67. The van der Waals surface area contributed by atoms with Crippen LogP contribution < -0.4 is 0 Å². The maximum atomic E-state index is 10.8. The highest BCUT2D eigenvalue weighted by Gasteiger charge is 2.16. The third-order valence-corrected chi connectivity index (χ3v) is 2.11. The number of carbonyl (C=O) groups is 1. The van der Waals surface area contributed by atoms with Crippen molar-refractivity contribution in [3.8, 4) is 0 Å². The van der Waals surface area contributed by atoms with Gasteiger partial charge in [-0.15, -0.1) is 0 Å². The lowest BCUT2D eigenvalue weighted by Gasteiger charge is -2.28. The predicted octanol–water partition coefficient (Wildman–Crippen LogP) is 1.23. The van der Waals surface area contributed by atoms with Gasteiger partial charge in [-0.25, -0.2) is 0 Å². The molecule has 0 aromatic heterocycles. The van der Waals surface area contributed by atoms with Gasteiger partial charge in [0.25, 0.3) is 0 Å². The van der Waals surface area contributed by atoms with E-state index < -0.39 is 0 Å². The maximum Gasteiger partial charge on any atom is 0.131 e. The van der Waals surface area contributed by atoms with E-state index in [2.05, 4.69) is 24.1 Å². The van der Waals surface area contributed by atoms with Crippen LogP contribution in [0.1, 0.15) is 19.8 Å². The Morgan fingerprint density at radius 2 is 2.36 bits per heavy atom. The van der Waals surface area contributed by atoms with E-state index in [1.54, 1.807) is 6.92 Å². The van der Waals surface area contributed by atoms with Crippen molar-refractivity contribution in [3.05, 3.63) is 12.2 Å². The fourth-order valence-corrected chi connectivity index (χ4v) is 1.39. The number of carbonyl (C=O) groups excluding carboxylic acids is 1. The average molecular weight is 153 g/mol. The fraction of sp³-hybridized carbons (Fsp3) is 0.667. The minimum atomic E-state index is 0.289. The fourth-order valence-electron chi connectivity index (χ4n) is 1.39. The van der Waals surface area contributed by atoms with Gasteiger partial charge in [0.05, 0.1) is 0 Å². The Kier molecular flexibility index (Phi) is 2.83. The van der Waals surface area contributed by atoms with Crippen molar-refractivity contribution in [3.63, 3.8) is 0 Å². The highest BCUT2D eigenvalue weighted by Crippen LogP contribution is 2.12. The summed E-state index contributed by atoms with van der Waals surface area (Å²) in [6, 6.07) is 0.442. The first-order valence-electron chi connectivity index (χ1n) is 4.05. The molecule has 1 aliphatic rings. The van der Waals surface area contributed by atoms with Gasteiger partial charge in [0.1, 0.15) is 5.78 Å². The zero-order chi connectivity index (χ0) is 8.27. The molecule has 1 unspecified atom stereocenters. The minimum absolute atomic E-state index is 0.289. The molecule has 0 N–H and O–H groups in total. The number of hydrogen-bond donors (Lipinski definition) is 0. The van der Waals surface area contributed by atoms with Crippen LogP contribution in [0.3, 0.4) is 0 Å². The van der Waals surface area contributed by atoms with Crippen LogP contribution in [-0.4, -0.2) is 30.3 Å². The molecule has 2 nitrogen and oxygen atoms in total. The highest BCUT2D eigenvalue weighted by atomic mass is 16.1. The highest BCUT2D eigenvalue weighted by molar-refractivity contribution is 5.76. The van der Waals surface area contributed by atoms with E-state index in [-0.39, 0.29) is 5.78 Å². The Morgan fingerprint density at radius 1 is 1.64 bits per heavy atom. The molecule has 1 rings (SSSR count). The molecule has 62 valence electrons. The number of rotatable bonds is 2. The predicted molar refractivity (Wildman–Crippen MR) is 45.5 cm³/mol. The summed E-state index contributed by atoms with van der Waals surface area (Å²) < 4.78 is 0. The number of ketones is 1. The van der Waals surface area contributed by atoms with E-state index in [0.717, 1.165) is 13.0 Å². The Morgan fingerprint density at radius 3 is 2.91 bits per heavy atom. The van der Waals surface area contributed by atoms with Crippen LogP contribution in [0.25, 0.3) is 0 Å². The van der Waals surface area contributed by atoms with E-state index in [4.69, 9.17) is 0 Å². The Bertz CT molecular complexity index is 174. The van der Waals surface area contributed by atoms with Gasteiger partial charge in [-0.05, 0) is 20.4 Å². The minimum Gasteiger partial charge on any atom is -0.300 e. The molecule has 0 spiro atoms. The smallest absolute Gasteiger partial charge is 0.131 e. The van der Waals surface area contributed by atoms with E-state index >= 15 is 0 Å². The van der Waals surface area contributed by atoms with Gasteiger partial charge < -0.3 is 0 Å². The lowest BCUT2D eigenvalue weighted by atomic mass is 10.0. The van der Waals surface area contributed by atoms with Gasteiger partial charge in [0.2, 0.25) is 0 Å². The first kappa shape index (κ1) is 8.47. The first-order valence-corrected chi connectivity index (χ1v) is 4.05. The number of nitrogens with zero attached hydrogens (tertiary/aromatic N) is 1. The van der Waals surface area contributed by atoms with Crippen molar-refractivity contribution in [1.29, 1.82) is 0 Å². The van der Waals surface area contributed by atoms with Gasteiger partial charge in [-0.2, -0.15) is 0 Å². The normalized spacial score (nSPS) is 25.5. The van der Waals surface area contributed by atoms with Crippen LogP contribution in [0.5, 0.6) is 0 Å². The monoisotopic (exact) mass is 153 g/mol. The van der Waals surface area contributed by atoms with E-state index in [0.29, 0.717) is 12.5 Å². The standard InChI is InChI=1S/C9H15NO/c1-8(11)7-9-5-3-4-6-10(9)2/h3-4,9H,5-7H2,1-2H3. The van der Waals surface area contributed by atoms with Gasteiger partial charge >= 0.3 is 0 Å². The Labute approximate surface area is 67.9 Å². The van der Waals surface area contributed by atoms with Crippen LogP contribution in [-0.2, 0) is 4.79 Å². The van der Waals surface area contributed by atoms with Gasteiger partial charge in [-0.3, -0.25) is 9.69 Å². The molecule has 0 fully saturated rings. The molecule has 0 saturated carbocycles. The SMILES string of the molecule is CC(=O)CC1CC=CCN1C. The number of hydrogen-bond acceptors (Lipinski definition) is 2. The van der Waals surface area contributed by atoms with E-state index in [1.807, 2.05) is 0 Å². The van der Waals surface area contributed by atoms with E-state index in [9.17, 15) is 4.79 Å². The summed E-state index contributed by atoms with van der Waals surface area (Å²) in [5.41, 5.74) is 0. The maximum absolute atomic E-state index is 10.8. The lowest BCUT2D eigenvalue weighted by molar-refractivity contribution is -0.118. The van der Waals surface area contributed by atoms with Gasteiger partial charge in [0.15, 0.2) is 0 Å². The van der Waals surface area contributed by atoms with Crippen molar-refractivity contribution in [2.75, 3.05) is 13.6 Å². The molecule has 1 atom stereocenters. The van der Waals surface area contributed by atoms with Crippen LogP contribution >= 0.6 is 0 Å².